The van der Waals surface area contributed by atoms with E-state index in [4.69, 9.17) is 0 Å². The number of halogens is 2. The van der Waals surface area contributed by atoms with E-state index in [0.29, 0.717) is 0 Å². The molecular weight excluding hydrogens is 544 g/mol. The van der Waals surface area contributed by atoms with Crippen molar-refractivity contribution in [3.05, 3.63) is 35.8 Å². The Balaban J connectivity index is -0.0000000450. The SMILES string of the molecule is C1=C=CC=CC=1.[Cl-].[Cl-].[Hg+].[Hg+]. The monoisotopic (exact) mass is 550 g/mol. The predicted molar refractivity (Wildman–Crippen MR) is 25.3 cm³/mol. The molecule has 0 aromatic rings. The van der Waals surface area contributed by atoms with Crippen molar-refractivity contribution in [2.75, 3.05) is 0 Å². The van der Waals surface area contributed by atoms with Gasteiger partial charge in [0.15, 0.2) is 0 Å². The normalized spacial score (nSPS) is 8.00. The molecule has 1 rings (SSSR count). The Kier molecular flexibility index (Phi) is 38.0. The standard InChI is InChI=1S/C6H4.2ClH.2Hg/c1-2-4-6-5-3-1;;;;/h1-4H;2*1H;;/q;;;2*+1/p-2. The molecule has 0 aromatic carbocycles. The largest absolute Gasteiger partial charge is 1.00 e. The van der Waals surface area contributed by atoms with Crippen molar-refractivity contribution in [1.29, 1.82) is 0 Å². The summed E-state index contributed by atoms with van der Waals surface area (Å²) >= 11 is 0. The van der Waals surface area contributed by atoms with Gasteiger partial charge in [-0.05, 0) is 12.2 Å². The van der Waals surface area contributed by atoms with Crippen LogP contribution in [0.2, 0.25) is 0 Å². The van der Waals surface area contributed by atoms with Gasteiger partial charge in [0, 0.05) is 0 Å². The Bertz CT molecular complexity index is 145. The number of hydrogen-bond acceptors (Lipinski definition) is 0. The average molecular weight is 548 g/mol. The molecule has 0 fully saturated rings. The van der Waals surface area contributed by atoms with Gasteiger partial charge in [0.25, 0.3) is 0 Å². The van der Waals surface area contributed by atoms with Crippen LogP contribution in [0.5, 0.6) is 0 Å². The maximum absolute atomic E-state index is 2.77. The zero-order valence-corrected chi connectivity index (χ0v) is 18.0. The number of rotatable bonds is 0. The molecule has 10 heavy (non-hydrogen) atoms. The van der Waals surface area contributed by atoms with E-state index < -0.39 is 0 Å². The Morgan fingerprint density at radius 3 is 1.10 bits per heavy atom. The van der Waals surface area contributed by atoms with Gasteiger partial charge in [-0.1, -0.05) is 23.6 Å². The molecule has 0 unspecified atom stereocenters. The van der Waals surface area contributed by atoms with E-state index in [1.165, 1.54) is 0 Å². The molecule has 0 amide bonds. The molecule has 0 nitrogen and oxygen atoms in total. The van der Waals surface area contributed by atoms with E-state index in [0.717, 1.165) is 0 Å². The number of hydrogen-bond donors (Lipinski definition) is 0. The summed E-state index contributed by atoms with van der Waals surface area (Å²) in [5.74, 6) is 0. The Morgan fingerprint density at radius 1 is 0.700 bits per heavy atom. The third kappa shape index (κ3) is 12.2. The predicted octanol–water partition coefficient (Wildman–Crippen LogP) is -4.57. The number of allylic oxidation sites excluding steroid dienone is 4. The second-order valence-electron chi connectivity index (χ2n) is 1.01. The molecule has 0 spiro atoms. The first-order chi connectivity index (χ1) is 3.00. The Labute approximate surface area is 114 Å². The maximum Gasteiger partial charge on any atom is 1.00 e. The second kappa shape index (κ2) is 16.8. The van der Waals surface area contributed by atoms with Gasteiger partial charge in [-0.2, -0.15) is 0 Å². The van der Waals surface area contributed by atoms with Crippen molar-refractivity contribution < 1.29 is 80.2 Å². The molecule has 0 saturated heterocycles. The molecule has 2 radical (unpaired) electrons. The van der Waals surface area contributed by atoms with Crippen LogP contribution in [0.1, 0.15) is 0 Å². The van der Waals surface area contributed by atoms with Gasteiger partial charge in [-0.15, -0.1) is 0 Å². The summed E-state index contributed by atoms with van der Waals surface area (Å²) in [6, 6.07) is 0. The quantitative estimate of drug-likeness (QED) is 0.212. The van der Waals surface area contributed by atoms with Crippen molar-refractivity contribution in [3.63, 3.8) is 0 Å². The summed E-state index contributed by atoms with van der Waals surface area (Å²) in [5, 5.41) is 0. The molecule has 0 aromatic heterocycles. The smallest absolute Gasteiger partial charge is 1.00 e. The van der Waals surface area contributed by atoms with Crippen LogP contribution >= 0.6 is 0 Å². The fourth-order valence-corrected chi connectivity index (χ4v) is 0.304. The van der Waals surface area contributed by atoms with Crippen LogP contribution in [0.25, 0.3) is 0 Å². The molecule has 0 saturated carbocycles. The van der Waals surface area contributed by atoms with Crippen LogP contribution in [-0.2, 0) is 55.3 Å². The van der Waals surface area contributed by atoms with E-state index in [2.05, 4.69) is 11.5 Å². The molecule has 0 N–H and O–H groups in total. The first-order valence-corrected chi connectivity index (χ1v) is 1.83. The molecule has 0 bridgehead atoms. The Hall–Kier alpha value is 1.49. The maximum atomic E-state index is 2.77. The van der Waals surface area contributed by atoms with Crippen molar-refractivity contribution in [2.45, 2.75) is 0 Å². The molecule has 0 aliphatic heterocycles. The molecule has 1 aliphatic rings. The third-order valence-corrected chi connectivity index (χ3v) is 0.554. The fraction of sp³-hybridized carbons (Fsp3) is 0. The topological polar surface area (TPSA) is 0 Å². The summed E-state index contributed by atoms with van der Waals surface area (Å²) in [6.45, 7) is 0. The van der Waals surface area contributed by atoms with E-state index in [1.54, 1.807) is 0 Å². The van der Waals surface area contributed by atoms with Crippen molar-refractivity contribution in [3.8, 4) is 0 Å². The van der Waals surface area contributed by atoms with Gasteiger partial charge in [0.1, 0.15) is 0 Å². The van der Waals surface area contributed by atoms with Gasteiger partial charge >= 0.3 is 55.3 Å². The summed E-state index contributed by atoms with van der Waals surface area (Å²) in [4.78, 5) is 0. The van der Waals surface area contributed by atoms with Gasteiger partial charge in [-0.25, -0.2) is 0 Å². The Morgan fingerprint density at radius 2 is 1.00 bits per heavy atom. The minimum atomic E-state index is 0. The van der Waals surface area contributed by atoms with E-state index in [-0.39, 0.29) is 80.2 Å². The van der Waals surface area contributed by atoms with Crippen LogP contribution in [0, 0.1) is 0 Å². The third-order valence-electron chi connectivity index (χ3n) is 0.554. The van der Waals surface area contributed by atoms with E-state index in [1.807, 2.05) is 24.3 Å². The van der Waals surface area contributed by atoms with Crippen LogP contribution in [0.15, 0.2) is 35.8 Å². The van der Waals surface area contributed by atoms with Crippen LogP contribution in [0.3, 0.4) is 0 Å². The van der Waals surface area contributed by atoms with Gasteiger partial charge in [0.05, 0.1) is 0 Å². The summed E-state index contributed by atoms with van der Waals surface area (Å²) in [5.41, 5.74) is 5.53. The molecule has 46 valence electrons. The molecule has 0 atom stereocenters. The summed E-state index contributed by atoms with van der Waals surface area (Å²) in [7, 11) is 0. The molecule has 0 heterocycles. The first-order valence-electron chi connectivity index (χ1n) is 1.83. The van der Waals surface area contributed by atoms with Crippen molar-refractivity contribution >= 4 is 0 Å². The minimum absolute atomic E-state index is 0. The van der Waals surface area contributed by atoms with E-state index >= 15 is 0 Å². The average Bonchev–Trinajstić information content (AvgIpc) is 1.72. The van der Waals surface area contributed by atoms with Crippen LogP contribution < -0.4 is 24.8 Å². The second-order valence-corrected chi connectivity index (χ2v) is 1.01. The van der Waals surface area contributed by atoms with Crippen molar-refractivity contribution in [2.24, 2.45) is 0 Å². The van der Waals surface area contributed by atoms with Gasteiger partial charge < -0.3 is 24.8 Å². The van der Waals surface area contributed by atoms with Gasteiger partial charge in [-0.3, -0.25) is 0 Å². The van der Waals surface area contributed by atoms with Gasteiger partial charge in [0.2, 0.25) is 0 Å². The zero-order valence-electron chi connectivity index (χ0n) is 5.48. The molecule has 1 aliphatic carbocycles. The van der Waals surface area contributed by atoms with Crippen LogP contribution in [-0.4, -0.2) is 0 Å². The zero-order chi connectivity index (χ0) is 4.24. The fourth-order valence-electron chi connectivity index (χ4n) is 0.304. The van der Waals surface area contributed by atoms with Crippen molar-refractivity contribution in [1.82, 2.24) is 0 Å². The van der Waals surface area contributed by atoms with Crippen LogP contribution in [0.4, 0.5) is 0 Å². The minimum Gasteiger partial charge on any atom is -1.00 e. The summed E-state index contributed by atoms with van der Waals surface area (Å²) < 4.78 is 0. The first kappa shape index (κ1) is 22.5. The molecule has 4 heteroatoms. The molecular formula is C6H4Cl2Hg2. The van der Waals surface area contributed by atoms with E-state index in [9.17, 15) is 0 Å². The summed E-state index contributed by atoms with van der Waals surface area (Å²) in [6.07, 6.45) is 7.47.